The highest BCUT2D eigenvalue weighted by Gasteiger charge is 2.14. The van der Waals surface area contributed by atoms with Crippen molar-refractivity contribution in [3.8, 4) is 0 Å². The Hall–Kier alpha value is -1.62. The van der Waals surface area contributed by atoms with E-state index in [1.165, 1.54) is 6.07 Å². The second-order valence-electron chi connectivity index (χ2n) is 3.86. The van der Waals surface area contributed by atoms with Gasteiger partial charge in [0.1, 0.15) is 11.4 Å². The third-order valence-electron chi connectivity index (χ3n) is 2.43. The summed E-state index contributed by atoms with van der Waals surface area (Å²) in [6, 6.07) is 4.15. The first-order chi connectivity index (χ1) is 8.66. The van der Waals surface area contributed by atoms with Gasteiger partial charge in [-0.25, -0.2) is 9.18 Å². The first-order valence-electron chi connectivity index (χ1n) is 6.00. The molecule has 0 spiro atoms. The molecule has 5 heteroatoms. The number of carbonyl (C=O) groups is 1. The molecule has 0 unspecified atom stereocenters. The molecule has 1 aromatic carbocycles. The Labute approximate surface area is 106 Å². The van der Waals surface area contributed by atoms with E-state index in [0.717, 1.165) is 18.9 Å². The minimum absolute atomic E-state index is 0.279. The van der Waals surface area contributed by atoms with Crippen LogP contribution >= 0.6 is 0 Å². The number of ether oxygens (including phenoxy) is 1. The number of unbranched alkanes of at least 4 members (excludes halogenated alkanes) is 1. The van der Waals surface area contributed by atoms with Crippen LogP contribution in [0.3, 0.4) is 0 Å². The molecule has 0 heterocycles. The third kappa shape index (κ3) is 4.33. The molecule has 0 saturated carbocycles. The van der Waals surface area contributed by atoms with Crippen LogP contribution in [0.25, 0.3) is 0 Å². The highest BCUT2D eigenvalue weighted by atomic mass is 19.1. The van der Waals surface area contributed by atoms with Crippen molar-refractivity contribution < 1.29 is 19.0 Å². The lowest BCUT2D eigenvalue weighted by Gasteiger charge is -2.10. The van der Waals surface area contributed by atoms with Crippen LogP contribution < -0.4 is 5.32 Å². The van der Waals surface area contributed by atoms with Crippen molar-refractivity contribution in [3.63, 3.8) is 0 Å². The zero-order valence-corrected chi connectivity index (χ0v) is 10.4. The van der Waals surface area contributed by atoms with Crippen LogP contribution in [0.1, 0.15) is 30.1 Å². The van der Waals surface area contributed by atoms with Crippen LogP contribution in [-0.4, -0.2) is 30.8 Å². The fraction of sp³-hybridized carbons (Fsp3) is 0.462. The van der Waals surface area contributed by atoms with Crippen molar-refractivity contribution in [2.45, 2.75) is 19.8 Å². The molecular formula is C13H18FNO3. The van der Waals surface area contributed by atoms with Gasteiger partial charge in [0.15, 0.2) is 0 Å². The van der Waals surface area contributed by atoms with Crippen molar-refractivity contribution in [1.29, 1.82) is 0 Å². The molecule has 0 aliphatic heterocycles. The average molecular weight is 255 g/mol. The largest absolute Gasteiger partial charge is 0.478 e. The lowest BCUT2D eigenvalue weighted by molar-refractivity contribution is 0.0693. The van der Waals surface area contributed by atoms with Crippen molar-refractivity contribution in [3.05, 3.63) is 29.6 Å². The van der Waals surface area contributed by atoms with E-state index in [9.17, 15) is 9.18 Å². The van der Waals surface area contributed by atoms with Gasteiger partial charge in [0, 0.05) is 13.2 Å². The SMILES string of the molecule is CCCCOCCNc1cccc(F)c1C(=O)O. The van der Waals surface area contributed by atoms with E-state index < -0.39 is 11.8 Å². The highest BCUT2D eigenvalue weighted by molar-refractivity contribution is 5.94. The van der Waals surface area contributed by atoms with Gasteiger partial charge < -0.3 is 15.2 Å². The average Bonchev–Trinajstić information content (AvgIpc) is 2.33. The van der Waals surface area contributed by atoms with E-state index in [1.54, 1.807) is 6.07 Å². The van der Waals surface area contributed by atoms with Gasteiger partial charge in [-0.2, -0.15) is 0 Å². The normalized spacial score (nSPS) is 10.3. The summed E-state index contributed by atoms with van der Waals surface area (Å²) in [5.41, 5.74) is -0.0485. The van der Waals surface area contributed by atoms with E-state index in [1.807, 2.05) is 0 Å². The van der Waals surface area contributed by atoms with E-state index in [4.69, 9.17) is 9.84 Å². The number of nitrogens with one attached hydrogen (secondary N) is 1. The molecular weight excluding hydrogens is 237 g/mol. The van der Waals surface area contributed by atoms with E-state index >= 15 is 0 Å². The Kier molecular flexibility index (Phi) is 6.14. The molecule has 0 aromatic heterocycles. The molecule has 2 N–H and O–H groups in total. The minimum Gasteiger partial charge on any atom is -0.478 e. The summed E-state index contributed by atoms with van der Waals surface area (Å²) >= 11 is 0. The minimum atomic E-state index is -1.28. The zero-order chi connectivity index (χ0) is 13.4. The molecule has 1 aromatic rings. The number of carboxylic acids is 1. The second kappa shape index (κ2) is 7.66. The first kappa shape index (κ1) is 14.4. The predicted octanol–water partition coefficient (Wildman–Crippen LogP) is 2.75. The van der Waals surface area contributed by atoms with Gasteiger partial charge in [0.2, 0.25) is 0 Å². The Morgan fingerprint density at radius 2 is 2.22 bits per heavy atom. The van der Waals surface area contributed by atoms with Crippen molar-refractivity contribution in [2.75, 3.05) is 25.1 Å². The molecule has 4 nitrogen and oxygen atoms in total. The van der Waals surface area contributed by atoms with Crippen LogP contribution in [0.15, 0.2) is 18.2 Å². The maximum Gasteiger partial charge on any atom is 0.340 e. The number of benzene rings is 1. The number of hydrogen-bond acceptors (Lipinski definition) is 3. The standard InChI is InChI=1S/C13H18FNO3/c1-2-3-8-18-9-7-15-11-6-4-5-10(14)12(11)13(16)17/h4-6,15H,2-3,7-9H2,1H3,(H,16,17). The Morgan fingerprint density at radius 1 is 1.44 bits per heavy atom. The van der Waals surface area contributed by atoms with Crippen molar-refractivity contribution in [2.24, 2.45) is 0 Å². The molecule has 0 saturated heterocycles. The summed E-state index contributed by atoms with van der Waals surface area (Å²) in [4.78, 5) is 10.9. The smallest absolute Gasteiger partial charge is 0.340 e. The van der Waals surface area contributed by atoms with Gasteiger partial charge in [-0.05, 0) is 18.6 Å². The Morgan fingerprint density at radius 3 is 2.89 bits per heavy atom. The van der Waals surface area contributed by atoms with Gasteiger partial charge in [0.05, 0.1) is 12.3 Å². The molecule has 0 aliphatic rings. The van der Waals surface area contributed by atoms with Gasteiger partial charge in [-0.15, -0.1) is 0 Å². The first-order valence-corrected chi connectivity index (χ1v) is 6.00. The lowest BCUT2D eigenvalue weighted by Crippen LogP contribution is -2.13. The summed E-state index contributed by atoms with van der Waals surface area (Å²) in [6.07, 6.45) is 2.07. The molecule has 18 heavy (non-hydrogen) atoms. The third-order valence-corrected chi connectivity index (χ3v) is 2.43. The maximum atomic E-state index is 13.3. The molecule has 1 rings (SSSR count). The molecule has 0 aliphatic carbocycles. The summed E-state index contributed by atoms with van der Waals surface area (Å²) < 4.78 is 18.6. The fourth-order valence-corrected chi connectivity index (χ4v) is 1.50. The molecule has 100 valence electrons. The number of anilines is 1. The van der Waals surface area contributed by atoms with Crippen LogP contribution in [0.4, 0.5) is 10.1 Å². The van der Waals surface area contributed by atoms with Crippen LogP contribution in [0.2, 0.25) is 0 Å². The monoisotopic (exact) mass is 255 g/mol. The van der Waals surface area contributed by atoms with Crippen LogP contribution in [0, 0.1) is 5.82 Å². The highest BCUT2D eigenvalue weighted by Crippen LogP contribution is 2.18. The molecule has 0 amide bonds. The molecule has 0 bridgehead atoms. The molecule has 0 fully saturated rings. The number of rotatable bonds is 8. The van der Waals surface area contributed by atoms with Gasteiger partial charge >= 0.3 is 5.97 Å². The van der Waals surface area contributed by atoms with E-state index in [0.29, 0.717) is 19.8 Å². The fourth-order valence-electron chi connectivity index (χ4n) is 1.50. The van der Waals surface area contributed by atoms with Gasteiger partial charge in [-0.1, -0.05) is 19.4 Å². The number of aromatic carboxylic acids is 1. The zero-order valence-electron chi connectivity index (χ0n) is 10.4. The number of halogens is 1. The van der Waals surface area contributed by atoms with E-state index in [2.05, 4.69) is 12.2 Å². The van der Waals surface area contributed by atoms with Crippen LogP contribution in [0.5, 0.6) is 0 Å². The quantitative estimate of drug-likeness (QED) is 0.701. The van der Waals surface area contributed by atoms with Crippen LogP contribution in [-0.2, 0) is 4.74 Å². The Bertz CT molecular complexity index is 396. The summed E-state index contributed by atoms with van der Waals surface area (Å²) in [5.74, 6) is -2.01. The number of hydrogen-bond donors (Lipinski definition) is 2. The second-order valence-corrected chi connectivity index (χ2v) is 3.86. The topological polar surface area (TPSA) is 58.6 Å². The lowest BCUT2D eigenvalue weighted by atomic mass is 10.1. The number of carboxylic acid groups (broad SMARTS) is 1. The summed E-state index contributed by atoms with van der Waals surface area (Å²) in [5, 5.41) is 11.8. The van der Waals surface area contributed by atoms with Crippen molar-refractivity contribution >= 4 is 11.7 Å². The summed E-state index contributed by atoms with van der Waals surface area (Å²) in [7, 11) is 0. The van der Waals surface area contributed by atoms with Crippen molar-refractivity contribution in [1.82, 2.24) is 0 Å². The maximum absolute atomic E-state index is 13.3. The summed E-state index contributed by atoms with van der Waals surface area (Å²) in [6.45, 7) is 3.68. The molecule has 0 atom stereocenters. The van der Waals surface area contributed by atoms with Gasteiger partial charge in [-0.3, -0.25) is 0 Å². The predicted molar refractivity (Wildman–Crippen MR) is 67.6 cm³/mol. The Balaban J connectivity index is 2.47. The van der Waals surface area contributed by atoms with E-state index in [-0.39, 0.29) is 11.3 Å². The van der Waals surface area contributed by atoms with Gasteiger partial charge in [0.25, 0.3) is 0 Å². The molecule has 0 radical (unpaired) electrons.